The first kappa shape index (κ1) is 10.4. The van der Waals surface area contributed by atoms with Crippen LogP contribution in [0.3, 0.4) is 0 Å². The van der Waals surface area contributed by atoms with E-state index in [2.05, 4.69) is 15.3 Å². The molecule has 0 saturated heterocycles. The van der Waals surface area contributed by atoms with Crippen LogP contribution in [0, 0.1) is 0 Å². The zero-order valence-corrected chi connectivity index (χ0v) is 9.00. The van der Waals surface area contributed by atoms with E-state index in [9.17, 15) is 0 Å². The number of hydrogen-bond donors (Lipinski definition) is 1. The van der Waals surface area contributed by atoms with Crippen LogP contribution in [0.15, 0.2) is 48.8 Å². The Morgan fingerprint density at radius 2 is 1.75 bits per heavy atom. The number of hydrogen-bond acceptors (Lipinski definition) is 4. The molecule has 1 aromatic carbocycles. The monoisotopic (exact) mass is 215 g/mol. The van der Waals surface area contributed by atoms with Crippen LogP contribution in [-0.2, 0) is 0 Å². The third kappa shape index (κ3) is 2.95. The molecule has 0 aliphatic carbocycles. The molecule has 1 atom stereocenters. The lowest BCUT2D eigenvalue weighted by molar-refractivity contribution is 0.249. The molecule has 0 spiro atoms. The zero-order valence-electron chi connectivity index (χ0n) is 9.00. The topological polar surface area (TPSA) is 47.0 Å². The van der Waals surface area contributed by atoms with Crippen molar-refractivity contribution in [2.45, 2.75) is 13.2 Å². The minimum absolute atomic E-state index is 0.176. The van der Waals surface area contributed by atoms with Crippen LogP contribution >= 0.6 is 0 Å². The highest BCUT2D eigenvalue weighted by molar-refractivity contribution is 5.25. The van der Waals surface area contributed by atoms with Gasteiger partial charge in [0, 0.05) is 12.4 Å². The summed E-state index contributed by atoms with van der Waals surface area (Å²) in [6, 6.07) is 11.4. The SMILES string of the molecule is CC(Nc1ncccn1)Oc1ccccc1. The fourth-order valence-corrected chi connectivity index (χ4v) is 1.29. The summed E-state index contributed by atoms with van der Waals surface area (Å²) in [7, 11) is 0. The van der Waals surface area contributed by atoms with Gasteiger partial charge in [-0.05, 0) is 25.1 Å². The van der Waals surface area contributed by atoms with Crippen molar-refractivity contribution >= 4 is 5.95 Å². The van der Waals surface area contributed by atoms with Crippen LogP contribution in [0.2, 0.25) is 0 Å². The van der Waals surface area contributed by atoms with E-state index in [1.807, 2.05) is 37.3 Å². The Morgan fingerprint density at radius 1 is 1.06 bits per heavy atom. The molecule has 4 nitrogen and oxygen atoms in total. The number of aromatic nitrogens is 2. The molecule has 82 valence electrons. The van der Waals surface area contributed by atoms with Gasteiger partial charge in [-0.25, -0.2) is 9.97 Å². The van der Waals surface area contributed by atoms with Gasteiger partial charge in [-0.1, -0.05) is 18.2 Å². The molecule has 0 amide bonds. The van der Waals surface area contributed by atoms with Crippen molar-refractivity contribution in [2.75, 3.05) is 5.32 Å². The predicted molar refractivity (Wildman–Crippen MR) is 62.2 cm³/mol. The van der Waals surface area contributed by atoms with Crippen LogP contribution in [-0.4, -0.2) is 16.2 Å². The number of ether oxygens (including phenoxy) is 1. The number of anilines is 1. The second-order valence-corrected chi connectivity index (χ2v) is 3.29. The summed E-state index contributed by atoms with van der Waals surface area (Å²) >= 11 is 0. The van der Waals surface area contributed by atoms with Gasteiger partial charge in [0.25, 0.3) is 0 Å². The van der Waals surface area contributed by atoms with Gasteiger partial charge in [0.2, 0.25) is 5.95 Å². The molecule has 0 aliphatic rings. The second kappa shape index (κ2) is 5.11. The van der Waals surface area contributed by atoms with E-state index in [1.165, 1.54) is 0 Å². The maximum absolute atomic E-state index is 5.63. The van der Waals surface area contributed by atoms with Gasteiger partial charge in [-0.2, -0.15) is 0 Å². The lowest BCUT2D eigenvalue weighted by Crippen LogP contribution is -2.23. The standard InChI is InChI=1S/C12H13N3O/c1-10(15-12-13-8-5-9-14-12)16-11-6-3-2-4-7-11/h2-10H,1H3,(H,13,14,15). The molecule has 2 rings (SSSR count). The van der Waals surface area contributed by atoms with Crippen molar-refractivity contribution in [3.05, 3.63) is 48.8 Å². The lowest BCUT2D eigenvalue weighted by atomic mass is 10.3. The quantitative estimate of drug-likeness (QED) is 0.795. The Bertz CT molecular complexity index is 377. The van der Waals surface area contributed by atoms with Crippen molar-refractivity contribution in [3.63, 3.8) is 0 Å². The Kier molecular flexibility index (Phi) is 3.33. The van der Waals surface area contributed by atoms with E-state index in [1.54, 1.807) is 18.5 Å². The molecular formula is C12H13N3O. The predicted octanol–water partition coefficient (Wildman–Crippen LogP) is 2.31. The molecule has 1 N–H and O–H groups in total. The average Bonchev–Trinajstić information content (AvgIpc) is 2.31. The van der Waals surface area contributed by atoms with Crippen molar-refractivity contribution in [1.82, 2.24) is 9.97 Å². The Labute approximate surface area is 94.3 Å². The number of benzene rings is 1. The molecule has 1 aromatic heterocycles. The molecule has 0 radical (unpaired) electrons. The van der Waals surface area contributed by atoms with Gasteiger partial charge in [-0.15, -0.1) is 0 Å². The Morgan fingerprint density at radius 3 is 2.44 bits per heavy atom. The first-order valence-corrected chi connectivity index (χ1v) is 5.10. The first-order chi connectivity index (χ1) is 7.84. The van der Waals surface area contributed by atoms with E-state index < -0.39 is 0 Å². The summed E-state index contributed by atoms with van der Waals surface area (Å²) < 4.78 is 5.63. The summed E-state index contributed by atoms with van der Waals surface area (Å²) in [5.74, 6) is 1.38. The van der Waals surface area contributed by atoms with Gasteiger partial charge in [0.1, 0.15) is 5.75 Å². The van der Waals surface area contributed by atoms with Gasteiger partial charge in [0.15, 0.2) is 6.23 Å². The molecule has 16 heavy (non-hydrogen) atoms. The molecule has 1 heterocycles. The van der Waals surface area contributed by atoms with E-state index >= 15 is 0 Å². The van der Waals surface area contributed by atoms with Gasteiger partial charge < -0.3 is 10.1 Å². The minimum Gasteiger partial charge on any atom is -0.471 e. The van der Waals surface area contributed by atoms with Crippen molar-refractivity contribution in [3.8, 4) is 5.75 Å². The highest BCUT2D eigenvalue weighted by Crippen LogP contribution is 2.11. The summed E-state index contributed by atoms with van der Waals surface area (Å²) in [5.41, 5.74) is 0. The zero-order chi connectivity index (χ0) is 11.2. The Hall–Kier alpha value is -2.10. The normalized spacial score (nSPS) is 11.8. The van der Waals surface area contributed by atoms with Crippen molar-refractivity contribution < 1.29 is 4.74 Å². The molecule has 0 saturated carbocycles. The Balaban J connectivity index is 1.92. The summed E-state index contributed by atoms with van der Waals surface area (Å²) in [6.07, 6.45) is 3.19. The molecule has 0 fully saturated rings. The third-order valence-electron chi connectivity index (χ3n) is 1.95. The average molecular weight is 215 g/mol. The number of para-hydroxylation sites is 1. The van der Waals surface area contributed by atoms with Crippen LogP contribution in [0.4, 0.5) is 5.95 Å². The molecule has 1 unspecified atom stereocenters. The highest BCUT2D eigenvalue weighted by Gasteiger charge is 2.03. The van der Waals surface area contributed by atoms with E-state index in [0.717, 1.165) is 5.75 Å². The summed E-state index contributed by atoms with van der Waals surface area (Å²) in [5, 5.41) is 3.05. The summed E-state index contributed by atoms with van der Waals surface area (Å²) in [6.45, 7) is 1.91. The van der Waals surface area contributed by atoms with E-state index in [-0.39, 0.29) is 6.23 Å². The van der Waals surface area contributed by atoms with Crippen LogP contribution in [0.25, 0.3) is 0 Å². The van der Waals surface area contributed by atoms with Gasteiger partial charge >= 0.3 is 0 Å². The third-order valence-corrected chi connectivity index (χ3v) is 1.95. The maximum Gasteiger partial charge on any atom is 0.225 e. The number of nitrogens with zero attached hydrogens (tertiary/aromatic N) is 2. The lowest BCUT2D eigenvalue weighted by Gasteiger charge is -2.15. The fraction of sp³-hybridized carbons (Fsp3) is 0.167. The highest BCUT2D eigenvalue weighted by atomic mass is 16.5. The molecule has 4 heteroatoms. The number of nitrogens with one attached hydrogen (secondary N) is 1. The second-order valence-electron chi connectivity index (χ2n) is 3.29. The first-order valence-electron chi connectivity index (χ1n) is 5.10. The molecule has 0 aliphatic heterocycles. The van der Waals surface area contributed by atoms with Crippen molar-refractivity contribution in [1.29, 1.82) is 0 Å². The fourth-order valence-electron chi connectivity index (χ4n) is 1.29. The number of rotatable bonds is 4. The minimum atomic E-state index is -0.176. The maximum atomic E-state index is 5.63. The molecule has 2 aromatic rings. The molecule has 0 bridgehead atoms. The van der Waals surface area contributed by atoms with Crippen LogP contribution in [0.5, 0.6) is 5.75 Å². The van der Waals surface area contributed by atoms with E-state index in [0.29, 0.717) is 5.95 Å². The van der Waals surface area contributed by atoms with Gasteiger partial charge in [-0.3, -0.25) is 0 Å². The largest absolute Gasteiger partial charge is 0.471 e. The van der Waals surface area contributed by atoms with E-state index in [4.69, 9.17) is 4.74 Å². The van der Waals surface area contributed by atoms with Crippen LogP contribution in [0.1, 0.15) is 6.92 Å². The van der Waals surface area contributed by atoms with Crippen LogP contribution < -0.4 is 10.1 Å². The smallest absolute Gasteiger partial charge is 0.225 e. The van der Waals surface area contributed by atoms with Gasteiger partial charge in [0.05, 0.1) is 0 Å². The van der Waals surface area contributed by atoms with Crippen molar-refractivity contribution in [2.24, 2.45) is 0 Å². The summed E-state index contributed by atoms with van der Waals surface area (Å²) in [4.78, 5) is 8.12. The molecular weight excluding hydrogens is 202 g/mol.